The number of carbonyl (C=O) groups is 1. The molecule has 0 aliphatic heterocycles. The summed E-state index contributed by atoms with van der Waals surface area (Å²) in [6, 6.07) is 5.56. The Morgan fingerprint density at radius 3 is 3.00 bits per heavy atom. The van der Waals surface area contributed by atoms with Gasteiger partial charge in [-0.15, -0.1) is 0 Å². The van der Waals surface area contributed by atoms with Gasteiger partial charge in [0.15, 0.2) is 0 Å². The third-order valence-corrected chi connectivity index (χ3v) is 2.60. The van der Waals surface area contributed by atoms with Crippen LogP contribution in [0.25, 0.3) is 11.0 Å². The van der Waals surface area contributed by atoms with Gasteiger partial charge in [0.25, 0.3) is 0 Å². The minimum absolute atomic E-state index is 0.0105. The van der Waals surface area contributed by atoms with Gasteiger partial charge in [0.1, 0.15) is 5.58 Å². The van der Waals surface area contributed by atoms with E-state index in [0.29, 0.717) is 11.1 Å². The van der Waals surface area contributed by atoms with Crippen molar-refractivity contribution in [3.05, 3.63) is 34.5 Å². The van der Waals surface area contributed by atoms with Crippen LogP contribution in [0.15, 0.2) is 33.4 Å². The van der Waals surface area contributed by atoms with Crippen molar-refractivity contribution in [2.45, 2.75) is 6.42 Å². The van der Waals surface area contributed by atoms with E-state index < -0.39 is 5.97 Å². The lowest BCUT2D eigenvalue weighted by atomic mass is 10.1. The number of para-hydroxylation sites is 1. The molecule has 0 amide bonds. The van der Waals surface area contributed by atoms with Crippen LogP contribution in [0.4, 0.5) is 0 Å². The number of benzene rings is 1. The van der Waals surface area contributed by atoms with Crippen LogP contribution in [0.2, 0.25) is 0 Å². The maximum Gasteiger partial charge on any atom is 0.307 e. The third-order valence-electron chi connectivity index (χ3n) is 1.97. The highest BCUT2D eigenvalue weighted by molar-refractivity contribution is 9.10. The Morgan fingerprint density at radius 2 is 2.29 bits per heavy atom. The maximum absolute atomic E-state index is 10.5. The highest BCUT2D eigenvalue weighted by Gasteiger charge is 2.10. The van der Waals surface area contributed by atoms with Crippen molar-refractivity contribution >= 4 is 32.9 Å². The summed E-state index contributed by atoms with van der Waals surface area (Å²) in [4.78, 5) is 10.5. The van der Waals surface area contributed by atoms with Gasteiger partial charge >= 0.3 is 5.97 Å². The van der Waals surface area contributed by atoms with Gasteiger partial charge in [-0.3, -0.25) is 4.79 Å². The molecule has 0 saturated heterocycles. The second-order valence-electron chi connectivity index (χ2n) is 2.95. The highest BCUT2D eigenvalue weighted by atomic mass is 79.9. The molecule has 0 aliphatic rings. The summed E-state index contributed by atoms with van der Waals surface area (Å²) >= 11 is 3.34. The fraction of sp³-hybridized carbons (Fsp3) is 0.100. The molecule has 0 aliphatic carbocycles. The molecule has 1 N–H and O–H groups in total. The van der Waals surface area contributed by atoms with Crippen LogP contribution in [0.5, 0.6) is 0 Å². The van der Waals surface area contributed by atoms with Crippen molar-refractivity contribution in [2.24, 2.45) is 0 Å². The largest absolute Gasteiger partial charge is 0.481 e. The number of halogens is 1. The van der Waals surface area contributed by atoms with Crippen molar-refractivity contribution in [3.63, 3.8) is 0 Å². The third kappa shape index (κ3) is 1.53. The Hall–Kier alpha value is -1.29. The summed E-state index contributed by atoms with van der Waals surface area (Å²) < 4.78 is 6.11. The highest BCUT2D eigenvalue weighted by Crippen LogP contribution is 2.28. The minimum atomic E-state index is -0.854. The van der Waals surface area contributed by atoms with Crippen LogP contribution in [-0.2, 0) is 11.2 Å². The quantitative estimate of drug-likeness (QED) is 0.897. The second-order valence-corrected chi connectivity index (χ2v) is 3.80. The van der Waals surface area contributed by atoms with Crippen LogP contribution in [0, 0.1) is 0 Å². The summed E-state index contributed by atoms with van der Waals surface area (Å²) in [6.45, 7) is 0. The number of carboxylic acid groups (broad SMARTS) is 1. The SMILES string of the molecule is O=C(O)Cc1coc2c(Br)cccc12. The van der Waals surface area contributed by atoms with Crippen LogP contribution < -0.4 is 0 Å². The number of furan rings is 1. The first-order valence-electron chi connectivity index (χ1n) is 4.05. The van der Waals surface area contributed by atoms with Gasteiger partial charge < -0.3 is 9.52 Å². The number of aliphatic carboxylic acids is 1. The maximum atomic E-state index is 10.5. The number of hydrogen-bond acceptors (Lipinski definition) is 2. The monoisotopic (exact) mass is 254 g/mol. The zero-order valence-corrected chi connectivity index (χ0v) is 8.74. The molecule has 72 valence electrons. The van der Waals surface area contributed by atoms with E-state index in [1.54, 1.807) is 0 Å². The average Bonchev–Trinajstić information content (AvgIpc) is 2.49. The summed E-state index contributed by atoms with van der Waals surface area (Å²) in [5.41, 5.74) is 1.40. The Balaban J connectivity index is 2.58. The predicted molar refractivity (Wildman–Crippen MR) is 55.3 cm³/mol. The normalized spacial score (nSPS) is 10.6. The molecular weight excluding hydrogens is 248 g/mol. The van der Waals surface area contributed by atoms with Crippen LogP contribution >= 0.6 is 15.9 Å². The first-order valence-corrected chi connectivity index (χ1v) is 4.84. The molecule has 0 bridgehead atoms. The number of hydrogen-bond donors (Lipinski definition) is 1. The number of fused-ring (bicyclic) bond motifs is 1. The Kier molecular flexibility index (Phi) is 2.29. The smallest absolute Gasteiger partial charge is 0.307 e. The zero-order chi connectivity index (χ0) is 10.1. The molecule has 2 aromatic rings. The topological polar surface area (TPSA) is 50.4 Å². The molecule has 1 aromatic heterocycles. The molecule has 0 unspecified atom stereocenters. The van der Waals surface area contributed by atoms with E-state index >= 15 is 0 Å². The minimum Gasteiger partial charge on any atom is -0.481 e. The van der Waals surface area contributed by atoms with Crippen molar-refractivity contribution < 1.29 is 14.3 Å². The molecule has 1 heterocycles. The van der Waals surface area contributed by atoms with Gasteiger partial charge in [-0.1, -0.05) is 12.1 Å². The van der Waals surface area contributed by atoms with Crippen molar-refractivity contribution in [1.82, 2.24) is 0 Å². The Labute approximate surface area is 88.5 Å². The van der Waals surface area contributed by atoms with Crippen molar-refractivity contribution in [2.75, 3.05) is 0 Å². The molecule has 14 heavy (non-hydrogen) atoms. The lowest BCUT2D eigenvalue weighted by molar-refractivity contribution is -0.136. The molecule has 0 atom stereocenters. The van der Waals surface area contributed by atoms with E-state index in [2.05, 4.69) is 15.9 Å². The van der Waals surface area contributed by atoms with Crippen LogP contribution in [0.3, 0.4) is 0 Å². The molecule has 3 nitrogen and oxygen atoms in total. The summed E-state index contributed by atoms with van der Waals surface area (Å²) in [5.74, 6) is -0.854. The first-order chi connectivity index (χ1) is 6.68. The first kappa shape index (κ1) is 9.27. The fourth-order valence-corrected chi connectivity index (χ4v) is 1.83. The Morgan fingerprint density at radius 1 is 1.50 bits per heavy atom. The van der Waals surface area contributed by atoms with E-state index in [4.69, 9.17) is 9.52 Å². The molecule has 1 aromatic carbocycles. The fourth-order valence-electron chi connectivity index (χ4n) is 1.37. The van der Waals surface area contributed by atoms with Crippen LogP contribution in [0.1, 0.15) is 5.56 Å². The van der Waals surface area contributed by atoms with Gasteiger partial charge in [-0.05, 0) is 22.0 Å². The molecular formula is C10H7BrO3. The summed E-state index contributed by atoms with van der Waals surface area (Å²) in [6.07, 6.45) is 1.48. The van der Waals surface area contributed by atoms with Crippen LogP contribution in [-0.4, -0.2) is 11.1 Å². The molecule has 4 heteroatoms. The van der Waals surface area contributed by atoms with Crippen molar-refractivity contribution in [3.8, 4) is 0 Å². The lowest BCUT2D eigenvalue weighted by Crippen LogP contribution is -1.98. The molecule has 0 fully saturated rings. The van der Waals surface area contributed by atoms with E-state index in [1.165, 1.54) is 6.26 Å². The van der Waals surface area contributed by atoms with E-state index in [0.717, 1.165) is 9.86 Å². The van der Waals surface area contributed by atoms with E-state index in [-0.39, 0.29) is 6.42 Å². The summed E-state index contributed by atoms with van der Waals surface area (Å²) in [7, 11) is 0. The number of rotatable bonds is 2. The van der Waals surface area contributed by atoms with Gasteiger partial charge in [0.2, 0.25) is 0 Å². The lowest BCUT2D eigenvalue weighted by Gasteiger charge is -1.93. The molecule has 0 saturated carbocycles. The van der Waals surface area contributed by atoms with E-state index in [9.17, 15) is 4.79 Å². The standard InChI is InChI=1S/C10H7BrO3/c11-8-3-1-2-7-6(4-9(12)13)5-14-10(7)8/h1-3,5H,4H2,(H,12,13). The van der Waals surface area contributed by atoms with Crippen molar-refractivity contribution in [1.29, 1.82) is 0 Å². The number of carboxylic acids is 1. The van der Waals surface area contributed by atoms with E-state index in [1.807, 2.05) is 18.2 Å². The van der Waals surface area contributed by atoms with Gasteiger partial charge in [-0.25, -0.2) is 0 Å². The second kappa shape index (κ2) is 3.46. The Bertz CT molecular complexity index is 487. The molecule has 0 spiro atoms. The van der Waals surface area contributed by atoms with Gasteiger partial charge in [0.05, 0.1) is 17.2 Å². The average molecular weight is 255 g/mol. The zero-order valence-electron chi connectivity index (χ0n) is 7.16. The van der Waals surface area contributed by atoms with Gasteiger partial charge in [-0.2, -0.15) is 0 Å². The molecule has 2 rings (SSSR count). The van der Waals surface area contributed by atoms with Gasteiger partial charge in [0, 0.05) is 10.9 Å². The summed E-state index contributed by atoms with van der Waals surface area (Å²) in [5, 5.41) is 9.51. The molecule has 0 radical (unpaired) electrons. The predicted octanol–water partition coefficient (Wildman–Crippen LogP) is 2.82.